The standard InChI is InChI=1S/C15H19N3O3/c1-15(2,3)12(16)14-17-13(18-21-14)11-8-19-9-6-4-5-7-10(9)20-11/h4-7,11-12H,8,16H2,1-3H3. The van der Waals surface area contributed by atoms with Crippen LogP contribution in [0.15, 0.2) is 28.8 Å². The number of aromatic nitrogens is 2. The van der Waals surface area contributed by atoms with Gasteiger partial charge in [-0.1, -0.05) is 38.1 Å². The molecule has 1 aromatic carbocycles. The first kappa shape index (κ1) is 13.9. The summed E-state index contributed by atoms with van der Waals surface area (Å²) in [6, 6.07) is 7.18. The molecule has 0 fully saturated rings. The Kier molecular flexibility index (Phi) is 3.33. The first-order chi connectivity index (χ1) is 9.95. The van der Waals surface area contributed by atoms with Gasteiger partial charge in [-0.2, -0.15) is 4.98 Å². The lowest BCUT2D eigenvalue weighted by molar-refractivity contribution is 0.0832. The third kappa shape index (κ3) is 2.71. The maximum atomic E-state index is 6.12. The Labute approximate surface area is 123 Å². The molecule has 2 N–H and O–H groups in total. The Morgan fingerprint density at radius 1 is 1.24 bits per heavy atom. The minimum atomic E-state index is -0.385. The summed E-state index contributed by atoms with van der Waals surface area (Å²) in [6.45, 7) is 6.43. The molecule has 1 aromatic heterocycles. The van der Waals surface area contributed by atoms with E-state index in [-0.39, 0.29) is 17.6 Å². The van der Waals surface area contributed by atoms with Crippen LogP contribution in [-0.4, -0.2) is 16.7 Å². The summed E-state index contributed by atoms with van der Waals surface area (Å²) in [5.74, 6) is 2.28. The lowest BCUT2D eigenvalue weighted by Gasteiger charge is -2.24. The summed E-state index contributed by atoms with van der Waals surface area (Å²) < 4.78 is 16.8. The Balaban J connectivity index is 1.79. The monoisotopic (exact) mass is 289 g/mol. The predicted octanol–water partition coefficient (Wildman–Crippen LogP) is 2.63. The SMILES string of the molecule is CC(C)(C)C(N)c1nc(C2COc3ccccc3O2)no1. The zero-order valence-electron chi connectivity index (χ0n) is 12.4. The fraction of sp³-hybridized carbons (Fsp3) is 0.467. The third-order valence-electron chi connectivity index (χ3n) is 3.45. The van der Waals surface area contributed by atoms with Gasteiger partial charge in [0.05, 0.1) is 6.04 Å². The number of hydrogen-bond acceptors (Lipinski definition) is 6. The molecule has 3 rings (SSSR count). The van der Waals surface area contributed by atoms with Crippen LogP contribution in [0, 0.1) is 5.41 Å². The van der Waals surface area contributed by atoms with E-state index in [9.17, 15) is 0 Å². The highest BCUT2D eigenvalue weighted by Gasteiger charge is 2.31. The topological polar surface area (TPSA) is 83.4 Å². The van der Waals surface area contributed by atoms with Crippen LogP contribution in [0.3, 0.4) is 0 Å². The van der Waals surface area contributed by atoms with Gasteiger partial charge in [0.1, 0.15) is 6.61 Å². The molecule has 2 aromatic rings. The molecule has 0 amide bonds. The van der Waals surface area contributed by atoms with E-state index in [0.29, 0.717) is 24.1 Å². The number of ether oxygens (including phenoxy) is 2. The molecule has 0 saturated heterocycles. The summed E-state index contributed by atoms with van der Waals surface area (Å²) in [5, 5.41) is 3.98. The fourth-order valence-corrected chi connectivity index (χ4v) is 2.02. The molecule has 2 heterocycles. The van der Waals surface area contributed by atoms with Gasteiger partial charge in [-0.05, 0) is 17.5 Å². The van der Waals surface area contributed by atoms with Crippen LogP contribution in [0.2, 0.25) is 0 Å². The second-order valence-electron chi connectivity index (χ2n) is 6.20. The average molecular weight is 289 g/mol. The van der Waals surface area contributed by atoms with Gasteiger partial charge in [0.2, 0.25) is 11.7 Å². The maximum Gasteiger partial charge on any atom is 0.244 e. The van der Waals surface area contributed by atoms with Crippen molar-refractivity contribution in [2.75, 3.05) is 6.61 Å². The van der Waals surface area contributed by atoms with Crippen molar-refractivity contribution in [2.45, 2.75) is 32.9 Å². The summed E-state index contributed by atoms with van der Waals surface area (Å²) in [4.78, 5) is 4.37. The predicted molar refractivity (Wildman–Crippen MR) is 76.0 cm³/mol. The Bertz CT molecular complexity index is 633. The van der Waals surface area contributed by atoms with Crippen LogP contribution in [0.4, 0.5) is 0 Å². The van der Waals surface area contributed by atoms with E-state index in [1.165, 1.54) is 0 Å². The van der Waals surface area contributed by atoms with Gasteiger partial charge in [0.15, 0.2) is 17.6 Å². The molecule has 1 aliphatic rings. The number of benzene rings is 1. The highest BCUT2D eigenvalue weighted by Crippen LogP contribution is 2.36. The molecular formula is C15H19N3O3. The number of para-hydroxylation sites is 2. The van der Waals surface area contributed by atoms with Gasteiger partial charge >= 0.3 is 0 Å². The molecule has 0 saturated carbocycles. The Morgan fingerprint density at radius 3 is 2.67 bits per heavy atom. The second-order valence-corrected chi connectivity index (χ2v) is 6.20. The molecule has 1 aliphatic heterocycles. The van der Waals surface area contributed by atoms with Crippen LogP contribution in [0.1, 0.15) is 44.6 Å². The molecule has 2 atom stereocenters. The molecule has 0 bridgehead atoms. The third-order valence-corrected chi connectivity index (χ3v) is 3.45. The molecule has 21 heavy (non-hydrogen) atoms. The van der Waals surface area contributed by atoms with E-state index < -0.39 is 0 Å². The molecule has 0 aliphatic carbocycles. The van der Waals surface area contributed by atoms with Crippen LogP contribution < -0.4 is 15.2 Å². The minimum absolute atomic E-state index is 0.152. The molecular weight excluding hydrogens is 270 g/mol. The first-order valence-electron chi connectivity index (χ1n) is 6.93. The Hall–Kier alpha value is -2.08. The van der Waals surface area contributed by atoms with Crippen LogP contribution in [0.25, 0.3) is 0 Å². The summed E-state index contributed by atoms with van der Waals surface area (Å²) in [6.07, 6.45) is -0.385. The smallest absolute Gasteiger partial charge is 0.244 e. The largest absolute Gasteiger partial charge is 0.485 e. The van der Waals surface area contributed by atoms with Crippen molar-refractivity contribution in [3.05, 3.63) is 36.0 Å². The van der Waals surface area contributed by atoms with E-state index in [1.54, 1.807) is 0 Å². The van der Waals surface area contributed by atoms with Crippen LogP contribution >= 0.6 is 0 Å². The van der Waals surface area contributed by atoms with E-state index in [1.807, 2.05) is 45.0 Å². The zero-order chi connectivity index (χ0) is 15.0. The minimum Gasteiger partial charge on any atom is -0.485 e. The highest BCUT2D eigenvalue weighted by molar-refractivity contribution is 5.40. The van der Waals surface area contributed by atoms with E-state index >= 15 is 0 Å². The van der Waals surface area contributed by atoms with Crippen molar-refractivity contribution in [2.24, 2.45) is 11.1 Å². The van der Waals surface area contributed by atoms with Gasteiger partial charge in [0, 0.05) is 0 Å². The van der Waals surface area contributed by atoms with Crippen molar-refractivity contribution in [3.63, 3.8) is 0 Å². The van der Waals surface area contributed by atoms with E-state index in [2.05, 4.69) is 10.1 Å². The molecule has 6 heteroatoms. The summed E-state index contributed by atoms with van der Waals surface area (Å²) in [5.41, 5.74) is 5.97. The first-order valence-corrected chi connectivity index (χ1v) is 6.93. The van der Waals surface area contributed by atoms with Crippen molar-refractivity contribution in [3.8, 4) is 11.5 Å². The lowest BCUT2D eigenvalue weighted by atomic mass is 9.87. The van der Waals surface area contributed by atoms with Crippen molar-refractivity contribution < 1.29 is 14.0 Å². The van der Waals surface area contributed by atoms with Gasteiger partial charge < -0.3 is 19.7 Å². The summed E-state index contributed by atoms with van der Waals surface area (Å²) >= 11 is 0. The van der Waals surface area contributed by atoms with Crippen LogP contribution in [-0.2, 0) is 0 Å². The molecule has 0 radical (unpaired) electrons. The average Bonchev–Trinajstić information content (AvgIpc) is 2.94. The normalized spacial score (nSPS) is 19.3. The van der Waals surface area contributed by atoms with Crippen LogP contribution in [0.5, 0.6) is 11.5 Å². The number of fused-ring (bicyclic) bond motifs is 1. The summed E-state index contributed by atoms with van der Waals surface area (Å²) in [7, 11) is 0. The molecule has 2 unspecified atom stereocenters. The quantitative estimate of drug-likeness (QED) is 0.915. The number of rotatable bonds is 2. The molecule has 112 valence electrons. The van der Waals surface area contributed by atoms with Gasteiger partial charge in [-0.25, -0.2) is 0 Å². The number of nitrogens with two attached hydrogens (primary N) is 1. The lowest BCUT2D eigenvalue weighted by Crippen LogP contribution is -2.27. The van der Waals surface area contributed by atoms with Gasteiger partial charge in [-0.15, -0.1) is 0 Å². The fourth-order valence-electron chi connectivity index (χ4n) is 2.02. The number of nitrogens with zero attached hydrogens (tertiary/aromatic N) is 2. The van der Waals surface area contributed by atoms with Crippen molar-refractivity contribution in [1.29, 1.82) is 0 Å². The maximum absolute atomic E-state index is 6.12. The van der Waals surface area contributed by atoms with E-state index in [0.717, 1.165) is 5.75 Å². The Morgan fingerprint density at radius 2 is 1.95 bits per heavy atom. The molecule has 6 nitrogen and oxygen atoms in total. The van der Waals surface area contributed by atoms with Gasteiger partial charge in [-0.3, -0.25) is 0 Å². The van der Waals surface area contributed by atoms with Gasteiger partial charge in [0.25, 0.3) is 0 Å². The highest BCUT2D eigenvalue weighted by atomic mass is 16.6. The second kappa shape index (κ2) is 5.04. The molecule has 0 spiro atoms. The van der Waals surface area contributed by atoms with Crippen molar-refractivity contribution >= 4 is 0 Å². The van der Waals surface area contributed by atoms with Crippen molar-refractivity contribution in [1.82, 2.24) is 10.1 Å². The number of hydrogen-bond donors (Lipinski definition) is 1. The zero-order valence-corrected chi connectivity index (χ0v) is 12.4. The van der Waals surface area contributed by atoms with E-state index in [4.69, 9.17) is 19.7 Å².